The largest absolute Gasteiger partial charge is 0.472 e. The average molecular weight is 260 g/mol. The zero-order valence-electron chi connectivity index (χ0n) is 9.87. The summed E-state index contributed by atoms with van der Waals surface area (Å²) in [5.41, 5.74) is 1.52. The molecule has 1 aromatic rings. The van der Waals surface area contributed by atoms with E-state index in [1.54, 1.807) is 38.1 Å². The van der Waals surface area contributed by atoms with Crippen LogP contribution in [0.25, 0.3) is 0 Å². The van der Waals surface area contributed by atoms with Crippen molar-refractivity contribution >= 4 is 7.82 Å². The first-order valence-corrected chi connectivity index (χ1v) is 6.77. The highest BCUT2D eigenvalue weighted by Gasteiger charge is 2.22. The molecule has 0 bridgehead atoms. The second-order valence-corrected chi connectivity index (χ2v) is 5.28. The minimum Gasteiger partial charge on any atom is -0.392 e. The molecule has 1 unspecified atom stereocenters. The van der Waals surface area contributed by atoms with Gasteiger partial charge in [-0.1, -0.05) is 24.3 Å². The summed E-state index contributed by atoms with van der Waals surface area (Å²) in [5, 5.41) is 8.85. The van der Waals surface area contributed by atoms with Crippen LogP contribution in [-0.2, 0) is 26.8 Å². The Kier molecular flexibility index (Phi) is 5.31. The summed E-state index contributed by atoms with van der Waals surface area (Å²) >= 11 is 0. The van der Waals surface area contributed by atoms with Gasteiger partial charge in [0.15, 0.2) is 0 Å². The van der Waals surface area contributed by atoms with Crippen molar-refractivity contribution in [2.75, 3.05) is 0 Å². The molecule has 0 radical (unpaired) electrons. The van der Waals surface area contributed by atoms with Crippen LogP contribution >= 0.6 is 7.82 Å². The number of hydrogen-bond donors (Lipinski definition) is 2. The Hall–Kier alpha value is -0.710. The van der Waals surface area contributed by atoms with Gasteiger partial charge in [-0.25, -0.2) is 4.57 Å². The fourth-order valence-electron chi connectivity index (χ4n) is 1.19. The maximum atomic E-state index is 11.4. The summed E-state index contributed by atoms with van der Waals surface area (Å²) in [5.74, 6) is 0. The van der Waals surface area contributed by atoms with E-state index in [2.05, 4.69) is 0 Å². The molecule has 0 fully saturated rings. The summed E-state index contributed by atoms with van der Waals surface area (Å²) in [6, 6.07) is 6.90. The maximum absolute atomic E-state index is 11.4. The summed E-state index contributed by atoms with van der Waals surface area (Å²) < 4.78 is 21.0. The van der Waals surface area contributed by atoms with E-state index in [4.69, 9.17) is 14.2 Å². The standard InChI is InChI=1S/C11H17O5P/c1-9(2)16-17(13,14)15-8-11-5-3-10(7-12)4-6-11/h3-6,9,12H,7-8H2,1-2H3,(H,13,14). The molecule has 6 heteroatoms. The number of phosphoric ester groups is 1. The number of hydrogen-bond acceptors (Lipinski definition) is 4. The van der Waals surface area contributed by atoms with Gasteiger partial charge in [0, 0.05) is 0 Å². The Morgan fingerprint density at radius 1 is 1.24 bits per heavy atom. The van der Waals surface area contributed by atoms with Crippen LogP contribution in [0.4, 0.5) is 0 Å². The van der Waals surface area contributed by atoms with Gasteiger partial charge in [-0.2, -0.15) is 0 Å². The summed E-state index contributed by atoms with van der Waals surface area (Å²) in [6.45, 7) is 3.27. The summed E-state index contributed by atoms with van der Waals surface area (Å²) in [6.07, 6.45) is -0.373. The van der Waals surface area contributed by atoms with Gasteiger partial charge in [0.05, 0.1) is 19.3 Å². The van der Waals surface area contributed by atoms with Gasteiger partial charge in [-0.05, 0) is 25.0 Å². The topological polar surface area (TPSA) is 76.0 Å². The predicted octanol–water partition coefficient (Wildman–Crippen LogP) is 2.22. The average Bonchev–Trinajstić information content (AvgIpc) is 2.25. The van der Waals surface area contributed by atoms with Gasteiger partial charge >= 0.3 is 7.82 Å². The van der Waals surface area contributed by atoms with Crippen molar-refractivity contribution in [3.63, 3.8) is 0 Å². The van der Waals surface area contributed by atoms with Crippen molar-refractivity contribution in [3.05, 3.63) is 35.4 Å². The van der Waals surface area contributed by atoms with E-state index in [1.807, 2.05) is 0 Å². The zero-order chi connectivity index (χ0) is 12.9. The molecular weight excluding hydrogens is 243 g/mol. The Morgan fingerprint density at radius 2 is 1.76 bits per heavy atom. The minimum atomic E-state index is -3.98. The van der Waals surface area contributed by atoms with Crippen LogP contribution in [0.15, 0.2) is 24.3 Å². The molecule has 0 spiro atoms. The molecule has 0 aromatic heterocycles. The molecular formula is C11H17O5P. The number of benzene rings is 1. The second-order valence-electron chi connectivity index (χ2n) is 3.87. The number of rotatable bonds is 6. The first-order chi connectivity index (χ1) is 7.93. The molecule has 0 amide bonds. The van der Waals surface area contributed by atoms with Crippen molar-refractivity contribution in [1.29, 1.82) is 0 Å². The highest BCUT2D eigenvalue weighted by Crippen LogP contribution is 2.45. The number of phosphoric acid groups is 1. The highest BCUT2D eigenvalue weighted by atomic mass is 31.2. The molecule has 0 saturated heterocycles. The fraction of sp³-hybridized carbons (Fsp3) is 0.455. The first-order valence-electron chi connectivity index (χ1n) is 5.27. The normalized spacial score (nSPS) is 14.9. The third-order valence-corrected chi connectivity index (χ3v) is 3.09. The molecule has 0 aliphatic rings. The Balaban J connectivity index is 2.52. The lowest BCUT2D eigenvalue weighted by Gasteiger charge is -2.14. The van der Waals surface area contributed by atoms with E-state index >= 15 is 0 Å². The van der Waals surface area contributed by atoms with Crippen LogP contribution in [0.5, 0.6) is 0 Å². The van der Waals surface area contributed by atoms with Crippen LogP contribution in [0.2, 0.25) is 0 Å². The second kappa shape index (κ2) is 6.28. The number of aliphatic hydroxyl groups excluding tert-OH is 1. The molecule has 0 saturated carbocycles. The number of aliphatic hydroxyl groups is 1. The lowest BCUT2D eigenvalue weighted by Crippen LogP contribution is -2.03. The Morgan fingerprint density at radius 3 is 2.24 bits per heavy atom. The molecule has 0 aliphatic heterocycles. The zero-order valence-corrected chi connectivity index (χ0v) is 10.8. The van der Waals surface area contributed by atoms with E-state index < -0.39 is 7.82 Å². The van der Waals surface area contributed by atoms with Gasteiger partial charge in [-0.15, -0.1) is 0 Å². The van der Waals surface area contributed by atoms with Gasteiger partial charge in [0.25, 0.3) is 0 Å². The van der Waals surface area contributed by atoms with E-state index in [0.29, 0.717) is 0 Å². The van der Waals surface area contributed by atoms with Crippen LogP contribution in [0.3, 0.4) is 0 Å². The minimum absolute atomic E-state index is 0.00773. The fourth-order valence-corrected chi connectivity index (χ4v) is 2.10. The maximum Gasteiger partial charge on any atom is 0.472 e. The SMILES string of the molecule is CC(C)OP(=O)(O)OCc1ccc(CO)cc1. The smallest absolute Gasteiger partial charge is 0.392 e. The molecule has 1 atom stereocenters. The molecule has 0 heterocycles. The van der Waals surface area contributed by atoms with Crippen molar-refractivity contribution in [2.24, 2.45) is 0 Å². The third-order valence-electron chi connectivity index (χ3n) is 1.94. The molecule has 5 nitrogen and oxygen atoms in total. The van der Waals surface area contributed by atoms with Gasteiger partial charge in [0.2, 0.25) is 0 Å². The van der Waals surface area contributed by atoms with Gasteiger partial charge < -0.3 is 10.00 Å². The highest BCUT2D eigenvalue weighted by molar-refractivity contribution is 7.47. The van der Waals surface area contributed by atoms with Crippen molar-refractivity contribution < 1.29 is 23.6 Å². The summed E-state index contributed by atoms with van der Waals surface area (Å²) in [7, 11) is -3.98. The molecule has 0 aliphatic carbocycles. The third kappa shape index (κ3) is 5.44. The lowest BCUT2D eigenvalue weighted by molar-refractivity contribution is 0.116. The van der Waals surface area contributed by atoms with E-state index in [1.165, 1.54) is 0 Å². The first kappa shape index (κ1) is 14.4. The van der Waals surface area contributed by atoms with Gasteiger partial charge in [-0.3, -0.25) is 9.05 Å². The molecule has 2 N–H and O–H groups in total. The summed E-state index contributed by atoms with van der Waals surface area (Å²) in [4.78, 5) is 9.32. The van der Waals surface area contributed by atoms with Crippen LogP contribution in [0.1, 0.15) is 25.0 Å². The Labute approximate surface area is 101 Å². The molecule has 1 rings (SSSR count). The van der Waals surface area contributed by atoms with E-state index in [9.17, 15) is 9.46 Å². The molecule has 96 valence electrons. The predicted molar refractivity (Wildman–Crippen MR) is 63.2 cm³/mol. The lowest BCUT2D eigenvalue weighted by atomic mass is 10.1. The molecule has 1 aromatic carbocycles. The van der Waals surface area contributed by atoms with Gasteiger partial charge in [0.1, 0.15) is 0 Å². The Bertz CT molecular complexity index is 387. The van der Waals surface area contributed by atoms with Crippen molar-refractivity contribution in [2.45, 2.75) is 33.2 Å². The van der Waals surface area contributed by atoms with Crippen LogP contribution < -0.4 is 0 Å². The van der Waals surface area contributed by atoms with E-state index in [-0.39, 0.29) is 19.3 Å². The van der Waals surface area contributed by atoms with E-state index in [0.717, 1.165) is 11.1 Å². The van der Waals surface area contributed by atoms with Crippen LogP contribution in [0, 0.1) is 0 Å². The quantitative estimate of drug-likeness (QED) is 0.767. The van der Waals surface area contributed by atoms with Crippen LogP contribution in [-0.4, -0.2) is 16.1 Å². The van der Waals surface area contributed by atoms with Crippen molar-refractivity contribution in [1.82, 2.24) is 0 Å². The van der Waals surface area contributed by atoms with Crippen molar-refractivity contribution in [3.8, 4) is 0 Å². The monoisotopic (exact) mass is 260 g/mol. The molecule has 17 heavy (non-hydrogen) atoms.